The highest BCUT2D eigenvalue weighted by Gasteiger charge is 1.79. The lowest BCUT2D eigenvalue weighted by molar-refractivity contribution is 0.627. The van der Waals surface area contributed by atoms with Crippen molar-refractivity contribution in [2.24, 2.45) is 0 Å². The summed E-state index contributed by atoms with van der Waals surface area (Å²) in [6.45, 7) is 0. The van der Waals surface area contributed by atoms with Gasteiger partial charge in [-0.1, -0.05) is 12.2 Å². The Kier molecular flexibility index (Phi) is 25.5. The zero-order valence-corrected chi connectivity index (χ0v) is 10.2. The van der Waals surface area contributed by atoms with Gasteiger partial charge < -0.3 is 15.9 Å². The SMILES string of the molecule is Br.Br.CN1C=CC=CC=C1.O.O. The number of halogens is 2. The van der Waals surface area contributed by atoms with E-state index in [9.17, 15) is 0 Å². The minimum absolute atomic E-state index is 0. The van der Waals surface area contributed by atoms with Gasteiger partial charge in [-0.15, -0.1) is 34.0 Å². The first-order valence-electron chi connectivity index (χ1n) is 2.63. The zero-order chi connectivity index (χ0) is 5.82. The first kappa shape index (κ1) is 22.7. The van der Waals surface area contributed by atoms with Crippen molar-refractivity contribution in [2.45, 2.75) is 0 Å². The second-order valence-corrected chi connectivity index (χ2v) is 1.73. The predicted molar refractivity (Wildman–Crippen MR) is 63.1 cm³/mol. The maximum absolute atomic E-state index is 2.00. The summed E-state index contributed by atoms with van der Waals surface area (Å²) in [5, 5.41) is 0. The van der Waals surface area contributed by atoms with Gasteiger partial charge in [0.05, 0.1) is 0 Å². The van der Waals surface area contributed by atoms with Gasteiger partial charge in [0.25, 0.3) is 0 Å². The Bertz CT molecular complexity index is 141. The van der Waals surface area contributed by atoms with Crippen molar-refractivity contribution in [2.75, 3.05) is 7.05 Å². The molecule has 0 unspecified atom stereocenters. The van der Waals surface area contributed by atoms with Crippen LogP contribution in [0.3, 0.4) is 0 Å². The van der Waals surface area contributed by atoms with Gasteiger partial charge in [-0.2, -0.15) is 0 Å². The van der Waals surface area contributed by atoms with Crippen molar-refractivity contribution in [3.05, 3.63) is 36.7 Å². The van der Waals surface area contributed by atoms with Gasteiger partial charge in [-0.05, 0) is 12.2 Å². The normalized spacial score (nSPS) is 11.2. The van der Waals surface area contributed by atoms with Crippen LogP contribution in [0.5, 0.6) is 0 Å². The molecule has 0 aromatic carbocycles. The first-order chi connectivity index (χ1) is 3.89. The second kappa shape index (κ2) is 13.5. The summed E-state index contributed by atoms with van der Waals surface area (Å²) < 4.78 is 0. The standard InChI is InChI=1S/C7H9N.2BrH.2H2O/c1-8-6-4-2-3-5-7-8;;;;/h2-7H,1H3;2*1H;2*1H2. The lowest BCUT2D eigenvalue weighted by Gasteiger charge is -2.02. The maximum Gasteiger partial charge on any atom is 0.0106 e. The predicted octanol–water partition coefficient (Wildman–Crippen LogP) is 1.02. The Hall–Kier alpha value is -0.100. The maximum atomic E-state index is 2.00. The largest absolute Gasteiger partial charge is 0.412 e. The molecule has 1 heterocycles. The molecule has 1 aliphatic rings. The number of hydrogen-bond acceptors (Lipinski definition) is 1. The third-order valence-electron chi connectivity index (χ3n) is 0.976. The van der Waals surface area contributed by atoms with Gasteiger partial charge in [-0.3, -0.25) is 0 Å². The van der Waals surface area contributed by atoms with E-state index >= 15 is 0 Å². The Morgan fingerprint density at radius 3 is 1.42 bits per heavy atom. The third kappa shape index (κ3) is 9.90. The average Bonchev–Trinajstić information content (AvgIpc) is 1.94. The monoisotopic (exact) mass is 303 g/mol. The Labute approximate surface area is 93.6 Å². The van der Waals surface area contributed by atoms with Crippen LogP contribution in [0.4, 0.5) is 0 Å². The van der Waals surface area contributed by atoms with Crippen LogP contribution in [0.15, 0.2) is 36.7 Å². The lowest BCUT2D eigenvalue weighted by Crippen LogP contribution is -1.97. The van der Waals surface area contributed by atoms with E-state index < -0.39 is 0 Å². The number of allylic oxidation sites excluding steroid dienone is 4. The highest BCUT2D eigenvalue weighted by atomic mass is 79.9. The van der Waals surface area contributed by atoms with Crippen LogP contribution in [0, 0.1) is 0 Å². The van der Waals surface area contributed by atoms with E-state index in [4.69, 9.17) is 0 Å². The second-order valence-electron chi connectivity index (χ2n) is 1.73. The van der Waals surface area contributed by atoms with E-state index in [1.165, 1.54) is 0 Å². The van der Waals surface area contributed by atoms with Crippen LogP contribution in [0.1, 0.15) is 0 Å². The molecule has 4 N–H and O–H groups in total. The fraction of sp³-hybridized carbons (Fsp3) is 0.143. The molecule has 0 aromatic rings. The van der Waals surface area contributed by atoms with Crippen LogP contribution in [-0.4, -0.2) is 22.9 Å². The van der Waals surface area contributed by atoms with Crippen molar-refractivity contribution in [3.63, 3.8) is 0 Å². The van der Waals surface area contributed by atoms with Crippen molar-refractivity contribution in [1.82, 2.24) is 4.90 Å². The van der Waals surface area contributed by atoms with E-state index in [-0.39, 0.29) is 44.9 Å². The summed E-state index contributed by atoms with van der Waals surface area (Å²) in [6.07, 6.45) is 12.0. The zero-order valence-electron chi connectivity index (χ0n) is 6.73. The van der Waals surface area contributed by atoms with Gasteiger partial charge in [0, 0.05) is 19.4 Å². The summed E-state index contributed by atoms with van der Waals surface area (Å²) in [7, 11) is 2.00. The first-order valence-corrected chi connectivity index (χ1v) is 2.63. The Morgan fingerprint density at radius 1 is 0.750 bits per heavy atom. The van der Waals surface area contributed by atoms with Gasteiger partial charge >= 0.3 is 0 Å². The van der Waals surface area contributed by atoms with E-state index in [0.717, 1.165) is 0 Å². The number of rotatable bonds is 0. The molecule has 0 aromatic heterocycles. The fourth-order valence-corrected chi connectivity index (χ4v) is 0.549. The van der Waals surface area contributed by atoms with E-state index in [2.05, 4.69) is 0 Å². The van der Waals surface area contributed by atoms with E-state index in [1.54, 1.807) is 0 Å². The summed E-state index contributed by atoms with van der Waals surface area (Å²) in [6, 6.07) is 0. The lowest BCUT2D eigenvalue weighted by atomic mass is 10.5. The molecule has 1 aliphatic heterocycles. The quantitative estimate of drug-likeness (QED) is 0.659. The molecule has 0 saturated carbocycles. The topological polar surface area (TPSA) is 66.2 Å². The molecule has 0 radical (unpaired) electrons. The smallest absolute Gasteiger partial charge is 0.0106 e. The van der Waals surface area contributed by atoms with Gasteiger partial charge in [0.2, 0.25) is 0 Å². The van der Waals surface area contributed by atoms with Crippen molar-refractivity contribution in [1.29, 1.82) is 0 Å². The minimum atomic E-state index is 0. The molecule has 74 valence electrons. The van der Waals surface area contributed by atoms with Crippen molar-refractivity contribution >= 4 is 34.0 Å². The average molecular weight is 305 g/mol. The summed E-state index contributed by atoms with van der Waals surface area (Å²) in [5.41, 5.74) is 0. The molecular formula is C7H15Br2NO2. The Morgan fingerprint density at radius 2 is 1.08 bits per heavy atom. The van der Waals surface area contributed by atoms with Crippen LogP contribution in [0.25, 0.3) is 0 Å². The summed E-state index contributed by atoms with van der Waals surface area (Å²) >= 11 is 0. The molecule has 0 fully saturated rings. The molecular weight excluding hydrogens is 290 g/mol. The summed E-state index contributed by atoms with van der Waals surface area (Å²) in [4.78, 5) is 2.00. The minimum Gasteiger partial charge on any atom is -0.412 e. The van der Waals surface area contributed by atoms with Crippen LogP contribution < -0.4 is 0 Å². The highest BCUT2D eigenvalue weighted by molar-refractivity contribution is 8.93. The number of hydrogen-bond donors (Lipinski definition) is 0. The van der Waals surface area contributed by atoms with Crippen LogP contribution in [0.2, 0.25) is 0 Å². The molecule has 5 heteroatoms. The summed E-state index contributed by atoms with van der Waals surface area (Å²) in [5.74, 6) is 0. The van der Waals surface area contributed by atoms with Crippen LogP contribution >= 0.6 is 34.0 Å². The molecule has 0 amide bonds. The van der Waals surface area contributed by atoms with Crippen LogP contribution in [-0.2, 0) is 0 Å². The molecule has 1 rings (SSSR count). The molecule has 0 atom stereocenters. The molecule has 0 aliphatic carbocycles. The molecule has 0 spiro atoms. The Balaban J connectivity index is -0.0000000800. The van der Waals surface area contributed by atoms with Gasteiger partial charge in [0.1, 0.15) is 0 Å². The van der Waals surface area contributed by atoms with Crippen molar-refractivity contribution in [3.8, 4) is 0 Å². The van der Waals surface area contributed by atoms with Gasteiger partial charge in [0.15, 0.2) is 0 Å². The fourth-order valence-electron chi connectivity index (χ4n) is 0.549. The van der Waals surface area contributed by atoms with Gasteiger partial charge in [-0.25, -0.2) is 0 Å². The molecule has 0 bridgehead atoms. The van der Waals surface area contributed by atoms with E-state index in [0.29, 0.717) is 0 Å². The third-order valence-corrected chi connectivity index (χ3v) is 0.976. The molecule has 3 nitrogen and oxygen atoms in total. The molecule has 0 saturated heterocycles. The van der Waals surface area contributed by atoms with E-state index in [1.807, 2.05) is 48.7 Å². The number of nitrogens with zero attached hydrogens (tertiary/aromatic N) is 1. The van der Waals surface area contributed by atoms with Crippen molar-refractivity contribution < 1.29 is 11.0 Å². The highest BCUT2D eigenvalue weighted by Crippen LogP contribution is 1.92. The molecule has 12 heavy (non-hydrogen) atoms.